The van der Waals surface area contributed by atoms with Gasteiger partial charge in [-0.2, -0.15) is 0 Å². The predicted molar refractivity (Wildman–Crippen MR) is 70.2 cm³/mol. The Bertz CT molecular complexity index is 582. The third-order valence-electron chi connectivity index (χ3n) is 2.74. The fourth-order valence-electron chi connectivity index (χ4n) is 1.77. The number of aryl methyl sites for hydroxylation is 1. The molecule has 0 aliphatic rings. The molecule has 0 spiro atoms. The number of hydrogen-bond acceptors (Lipinski definition) is 0. The quantitative estimate of drug-likeness (QED) is 0.661. The van der Waals surface area contributed by atoms with E-state index in [2.05, 4.69) is 0 Å². The standard InChI is InChI=1S/C14H10Cl2F2/c1-8-6-10(15)3-4-11(8)14(16)9-2-5-12(17)13(18)7-9/h2-7,14H,1H3. The van der Waals surface area contributed by atoms with Crippen LogP contribution in [0.1, 0.15) is 22.1 Å². The van der Waals surface area contributed by atoms with Crippen molar-refractivity contribution in [1.29, 1.82) is 0 Å². The molecule has 0 bridgehead atoms. The van der Waals surface area contributed by atoms with Gasteiger partial charge < -0.3 is 0 Å². The third kappa shape index (κ3) is 2.65. The Hall–Kier alpha value is -1.12. The maximum atomic E-state index is 13.2. The maximum Gasteiger partial charge on any atom is 0.159 e. The van der Waals surface area contributed by atoms with E-state index in [1.54, 1.807) is 18.2 Å². The van der Waals surface area contributed by atoms with E-state index in [0.29, 0.717) is 10.6 Å². The molecule has 0 N–H and O–H groups in total. The van der Waals surface area contributed by atoms with E-state index in [-0.39, 0.29) is 0 Å². The zero-order valence-electron chi connectivity index (χ0n) is 9.55. The summed E-state index contributed by atoms with van der Waals surface area (Å²) in [6, 6.07) is 8.96. The highest BCUT2D eigenvalue weighted by molar-refractivity contribution is 6.30. The number of hydrogen-bond donors (Lipinski definition) is 0. The Balaban J connectivity index is 2.41. The molecule has 0 heterocycles. The number of alkyl halides is 1. The van der Waals surface area contributed by atoms with Crippen LogP contribution in [0.2, 0.25) is 5.02 Å². The lowest BCUT2D eigenvalue weighted by Crippen LogP contribution is -1.98. The fourth-order valence-corrected chi connectivity index (χ4v) is 2.38. The van der Waals surface area contributed by atoms with Crippen LogP contribution in [-0.4, -0.2) is 0 Å². The first kappa shape index (κ1) is 13.3. The molecule has 0 fully saturated rings. The first-order valence-corrected chi connectivity index (χ1v) is 6.15. The summed E-state index contributed by atoms with van der Waals surface area (Å²) in [4.78, 5) is 0. The van der Waals surface area contributed by atoms with Crippen LogP contribution in [-0.2, 0) is 0 Å². The summed E-state index contributed by atoms with van der Waals surface area (Å²) >= 11 is 12.1. The maximum absolute atomic E-state index is 13.2. The molecule has 1 atom stereocenters. The molecular weight excluding hydrogens is 277 g/mol. The molecule has 2 rings (SSSR count). The lowest BCUT2D eigenvalue weighted by molar-refractivity contribution is 0.507. The molecule has 0 radical (unpaired) electrons. The molecule has 94 valence electrons. The van der Waals surface area contributed by atoms with Crippen molar-refractivity contribution in [3.63, 3.8) is 0 Å². The summed E-state index contributed by atoms with van der Waals surface area (Å²) in [5.41, 5.74) is 2.25. The molecule has 0 saturated carbocycles. The van der Waals surface area contributed by atoms with Crippen LogP contribution < -0.4 is 0 Å². The van der Waals surface area contributed by atoms with E-state index in [9.17, 15) is 8.78 Å². The van der Waals surface area contributed by atoms with Crippen LogP contribution in [0.3, 0.4) is 0 Å². The molecule has 0 aliphatic heterocycles. The lowest BCUT2D eigenvalue weighted by atomic mass is 10.00. The molecule has 2 aromatic rings. The van der Waals surface area contributed by atoms with Gasteiger partial charge in [-0.25, -0.2) is 8.78 Å². The number of halogens is 4. The summed E-state index contributed by atoms with van der Waals surface area (Å²) in [6.45, 7) is 1.87. The number of rotatable bonds is 2. The predicted octanol–water partition coefficient (Wildman–Crippen LogP) is 5.25. The molecule has 4 heteroatoms. The van der Waals surface area contributed by atoms with Crippen molar-refractivity contribution < 1.29 is 8.78 Å². The molecular formula is C14H10Cl2F2. The summed E-state index contributed by atoms with van der Waals surface area (Å²) in [5, 5.41) is 0.0859. The Morgan fingerprint density at radius 1 is 1.00 bits per heavy atom. The molecule has 0 aliphatic carbocycles. The van der Waals surface area contributed by atoms with Gasteiger partial charge in [-0.3, -0.25) is 0 Å². The smallest absolute Gasteiger partial charge is 0.159 e. The minimum absolute atomic E-state index is 0.515. The topological polar surface area (TPSA) is 0 Å². The van der Waals surface area contributed by atoms with E-state index in [1.165, 1.54) is 6.07 Å². The van der Waals surface area contributed by atoms with Crippen molar-refractivity contribution in [3.05, 3.63) is 69.7 Å². The fraction of sp³-hybridized carbons (Fsp3) is 0.143. The normalized spacial score (nSPS) is 12.5. The molecule has 18 heavy (non-hydrogen) atoms. The van der Waals surface area contributed by atoms with Crippen LogP contribution in [0.15, 0.2) is 36.4 Å². The van der Waals surface area contributed by atoms with Crippen molar-refractivity contribution in [2.24, 2.45) is 0 Å². The summed E-state index contributed by atoms with van der Waals surface area (Å²) in [7, 11) is 0. The highest BCUT2D eigenvalue weighted by atomic mass is 35.5. The van der Waals surface area contributed by atoms with Gasteiger partial charge in [0, 0.05) is 5.02 Å². The van der Waals surface area contributed by atoms with Gasteiger partial charge in [-0.05, 0) is 47.9 Å². The zero-order valence-corrected chi connectivity index (χ0v) is 11.1. The SMILES string of the molecule is Cc1cc(Cl)ccc1C(Cl)c1ccc(F)c(F)c1. The summed E-state index contributed by atoms with van der Waals surface area (Å²) < 4.78 is 26.0. The Morgan fingerprint density at radius 2 is 1.72 bits per heavy atom. The minimum atomic E-state index is -0.898. The molecule has 0 amide bonds. The van der Waals surface area contributed by atoms with Gasteiger partial charge in [-0.15, -0.1) is 11.6 Å². The van der Waals surface area contributed by atoms with Gasteiger partial charge in [0.1, 0.15) is 0 Å². The Labute approximate surface area is 114 Å². The molecule has 0 saturated heterocycles. The van der Waals surface area contributed by atoms with E-state index in [1.807, 2.05) is 6.92 Å². The highest BCUT2D eigenvalue weighted by Crippen LogP contribution is 2.32. The Kier molecular flexibility index (Phi) is 3.88. The van der Waals surface area contributed by atoms with Crippen molar-refractivity contribution in [2.75, 3.05) is 0 Å². The molecule has 0 nitrogen and oxygen atoms in total. The molecule has 2 aromatic carbocycles. The monoisotopic (exact) mass is 286 g/mol. The second-order valence-corrected chi connectivity index (χ2v) is 4.91. The van der Waals surface area contributed by atoms with E-state index >= 15 is 0 Å². The van der Waals surface area contributed by atoms with E-state index in [0.717, 1.165) is 23.3 Å². The number of benzene rings is 2. The second-order valence-electron chi connectivity index (χ2n) is 4.04. The molecule has 1 unspecified atom stereocenters. The highest BCUT2D eigenvalue weighted by Gasteiger charge is 2.15. The van der Waals surface area contributed by atoms with E-state index in [4.69, 9.17) is 23.2 Å². The van der Waals surface area contributed by atoms with E-state index < -0.39 is 17.0 Å². The second kappa shape index (κ2) is 5.25. The summed E-state index contributed by atoms with van der Waals surface area (Å²) in [5.74, 6) is -1.78. The minimum Gasteiger partial charge on any atom is -0.204 e. The average molecular weight is 287 g/mol. The van der Waals surface area contributed by atoms with Gasteiger partial charge in [0.2, 0.25) is 0 Å². The average Bonchev–Trinajstić information content (AvgIpc) is 2.32. The van der Waals surface area contributed by atoms with Crippen LogP contribution in [0.4, 0.5) is 8.78 Å². The van der Waals surface area contributed by atoms with Crippen molar-refractivity contribution in [3.8, 4) is 0 Å². The van der Waals surface area contributed by atoms with Crippen molar-refractivity contribution in [1.82, 2.24) is 0 Å². The van der Waals surface area contributed by atoms with Crippen LogP contribution >= 0.6 is 23.2 Å². The first-order valence-electron chi connectivity index (χ1n) is 5.34. The van der Waals surface area contributed by atoms with Crippen molar-refractivity contribution in [2.45, 2.75) is 12.3 Å². The largest absolute Gasteiger partial charge is 0.204 e. The Morgan fingerprint density at radius 3 is 2.33 bits per heavy atom. The van der Waals surface area contributed by atoms with Crippen LogP contribution in [0.25, 0.3) is 0 Å². The van der Waals surface area contributed by atoms with Crippen LogP contribution in [0, 0.1) is 18.6 Å². The molecule has 0 aromatic heterocycles. The van der Waals surface area contributed by atoms with Crippen molar-refractivity contribution >= 4 is 23.2 Å². The van der Waals surface area contributed by atoms with Gasteiger partial charge in [0.05, 0.1) is 5.38 Å². The first-order chi connectivity index (χ1) is 8.49. The van der Waals surface area contributed by atoms with Gasteiger partial charge in [0.25, 0.3) is 0 Å². The lowest BCUT2D eigenvalue weighted by Gasteiger charge is -2.13. The summed E-state index contributed by atoms with van der Waals surface area (Å²) in [6.07, 6.45) is 0. The zero-order chi connectivity index (χ0) is 13.3. The van der Waals surface area contributed by atoms with Gasteiger partial charge in [-0.1, -0.05) is 23.7 Å². The van der Waals surface area contributed by atoms with Gasteiger partial charge >= 0.3 is 0 Å². The van der Waals surface area contributed by atoms with Crippen LogP contribution in [0.5, 0.6) is 0 Å². The third-order valence-corrected chi connectivity index (χ3v) is 3.46. The van der Waals surface area contributed by atoms with Gasteiger partial charge in [0.15, 0.2) is 11.6 Å².